The largest absolute Gasteiger partial charge is 0.470 e. The fraction of sp³-hybridized carbons (Fsp3) is 0.444. The van der Waals surface area contributed by atoms with Crippen molar-refractivity contribution in [2.75, 3.05) is 13.2 Å². The third kappa shape index (κ3) is 3.21. The lowest BCUT2D eigenvalue weighted by atomic mass is 10.0. The van der Waals surface area contributed by atoms with E-state index in [2.05, 4.69) is 20.9 Å². The van der Waals surface area contributed by atoms with Gasteiger partial charge in [0.15, 0.2) is 0 Å². The summed E-state index contributed by atoms with van der Waals surface area (Å²) in [6, 6.07) is 10.3. The number of fused-ring (bicyclic) bond motifs is 1. The van der Waals surface area contributed by atoms with Crippen LogP contribution in [0.3, 0.4) is 0 Å². The average molecular weight is 311 g/mol. The molecule has 2 aliphatic rings. The van der Waals surface area contributed by atoms with E-state index in [0.717, 1.165) is 32.5 Å². The first-order valence-electron chi connectivity index (χ1n) is 8.22. The van der Waals surface area contributed by atoms with Crippen molar-refractivity contribution in [3.05, 3.63) is 54.5 Å². The molecule has 23 heavy (non-hydrogen) atoms. The van der Waals surface area contributed by atoms with Gasteiger partial charge in [-0.3, -0.25) is 9.88 Å². The number of hydrogen-bond acceptors (Lipinski definition) is 5. The standard InChI is InChI=1S/C18H21N3O2/c1-2-9-20-17(7-1)23-16-13-21(12-14-5-3-8-19-11-14)15-6-4-10-22-18(15)16/h1-3,5,7-9,11,15-16,18H,4,6,10,12-13H2/t15-,16-,18+/m1/s1. The number of nitrogens with zero attached hydrogens (tertiary/aromatic N) is 3. The van der Waals surface area contributed by atoms with Crippen LogP contribution in [0.25, 0.3) is 0 Å². The summed E-state index contributed by atoms with van der Waals surface area (Å²) >= 11 is 0. The quantitative estimate of drug-likeness (QED) is 0.867. The topological polar surface area (TPSA) is 47.5 Å². The third-order valence-electron chi connectivity index (χ3n) is 4.60. The molecule has 0 saturated carbocycles. The van der Waals surface area contributed by atoms with Gasteiger partial charge in [0, 0.05) is 50.4 Å². The second-order valence-electron chi connectivity index (χ2n) is 6.16. The third-order valence-corrected chi connectivity index (χ3v) is 4.60. The monoisotopic (exact) mass is 311 g/mol. The van der Waals surface area contributed by atoms with Crippen LogP contribution in [0.1, 0.15) is 18.4 Å². The predicted molar refractivity (Wildman–Crippen MR) is 86.1 cm³/mol. The number of pyridine rings is 2. The number of likely N-dealkylation sites (tertiary alicyclic amines) is 1. The maximum absolute atomic E-state index is 6.12. The Morgan fingerprint density at radius 2 is 2.22 bits per heavy atom. The Labute approximate surface area is 136 Å². The first-order chi connectivity index (χ1) is 11.4. The molecule has 0 spiro atoms. The minimum absolute atomic E-state index is 0.0341. The van der Waals surface area contributed by atoms with Crippen molar-refractivity contribution >= 4 is 0 Å². The maximum atomic E-state index is 6.12. The van der Waals surface area contributed by atoms with Gasteiger partial charge in [-0.05, 0) is 30.5 Å². The van der Waals surface area contributed by atoms with Crippen molar-refractivity contribution < 1.29 is 9.47 Å². The van der Waals surface area contributed by atoms with Gasteiger partial charge in [0.1, 0.15) is 12.2 Å². The van der Waals surface area contributed by atoms with E-state index in [9.17, 15) is 0 Å². The number of hydrogen-bond donors (Lipinski definition) is 0. The fourth-order valence-electron chi connectivity index (χ4n) is 3.59. The fourth-order valence-corrected chi connectivity index (χ4v) is 3.59. The van der Waals surface area contributed by atoms with Crippen LogP contribution >= 0.6 is 0 Å². The lowest BCUT2D eigenvalue weighted by Gasteiger charge is -2.32. The highest BCUT2D eigenvalue weighted by atomic mass is 16.5. The van der Waals surface area contributed by atoms with Crippen molar-refractivity contribution in [2.45, 2.75) is 37.6 Å². The van der Waals surface area contributed by atoms with Gasteiger partial charge in [0.25, 0.3) is 0 Å². The SMILES string of the molecule is c1ccc(O[C@@H]2CN(Cc3cccnc3)[C@@H]3CCCO[C@@H]32)nc1. The van der Waals surface area contributed by atoms with E-state index in [1.807, 2.05) is 36.7 Å². The molecule has 0 unspecified atom stereocenters. The van der Waals surface area contributed by atoms with Gasteiger partial charge in [-0.2, -0.15) is 0 Å². The molecule has 5 heteroatoms. The van der Waals surface area contributed by atoms with Crippen LogP contribution in [0.15, 0.2) is 48.9 Å². The van der Waals surface area contributed by atoms with E-state index in [4.69, 9.17) is 9.47 Å². The van der Waals surface area contributed by atoms with E-state index >= 15 is 0 Å². The number of ether oxygens (including phenoxy) is 2. The molecule has 2 fully saturated rings. The van der Waals surface area contributed by atoms with Crippen LogP contribution in [0, 0.1) is 0 Å². The van der Waals surface area contributed by atoms with Gasteiger partial charge in [-0.25, -0.2) is 4.98 Å². The Hall–Kier alpha value is -1.98. The van der Waals surface area contributed by atoms with E-state index in [-0.39, 0.29) is 12.2 Å². The Morgan fingerprint density at radius 1 is 1.22 bits per heavy atom. The Morgan fingerprint density at radius 3 is 3.04 bits per heavy atom. The van der Waals surface area contributed by atoms with Gasteiger partial charge < -0.3 is 9.47 Å². The molecule has 0 radical (unpaired) electrons. The van der Waals surface area contributed by atoms with Crippen LogP contribution in [0.5, 0.6) is 5.88 Å². The number of rotatable bonds is 4. The van der Waals surface area contributed by atoms with Crippen molar-refractivity contribution in [3.8, 4) is 5.88 Å². The van der Waals surface area contributed by atoms with Crippen molar-refractivity contribution in [1.29, 1.82) is 0 Å². The van der Waals surface area contributed by atoms with Crippen LogP contribution < -0.4 is 4.74 Å². The highest BCUT2D eigenvalue weighted by Gasteiger charge is 2.45. The summed E-state index contributed by atoms with van der Waals surface area (Å²) < 4.78 is 12.2. The maximum Gasteiger partial charge on any atom is 0.213 e. The van der Waals surface area contributed by atoms with Crippen LogP contribution in [0.2, 0.25) is 0 Å². The minimum atomic E-state index is 0.0341. The minimum Gasteiger partial charge on any atom is -0.470 e. The summed E-state index contributed by atoms with van der Waals surface area (Å²) in [7, 11) is 0. The Bertz CT molecular complexity index is 567. The van der Waals surface area contributed by atoms with Gasteiger partial charge in [0.2, 0.25) is 5.88 Å². The molecule has 2 aliphatic heterocycles. The summed E-state index contributed by atoms with van der Waals surface area (Å²) in [6.45, 7) is 2.57. The molecule has 3 atom stereocenters. The van der Waals surface area contributed by atoms with Crippen LogP contribution in [0.4, 0.5) is 0 Å². The molecule has 2 aromatic heterocycles. The van der Waals surface area contributed by atoms with Crippen molar-refractivity contribution in [3.63, 3.8) is 0 Å². The molecule has 0 amide bonds. The predicted octanol–water partition coefficient (Wildman–Crippen LogP) is 2.29. The van der Waals surface area contributed by atoms with Gasteiger partial charge in [-0.15, -0.1) is 0 Å². The summed E-state index contributed by atoms with van der Waals surface area (Å²) in [6.07, 6.45) is 7.94. The summed E-state index contributed by atoms with van der Waals surface area (Å²) in [5, 5.41) is 0. The zero-order chi connectivity index (χ0) is 15.5. The van der Waals surface area contributed by atoms with E-state index < -0.39 is 0 Å². The smallest absolute Gasteiger partial charge is 0.213 e. The molecular formula is C18H21N3O2. The summed E-state index contributed by atoms with van der Waals surface area (Å²) in [5.41, 5.74) is 1.23. The van der Waals surface area contributed by atoms with Crippen molar-refractivity contribution in [1.82, 2.24) is 14.9 Å². The zero-order valence-electron chi connectivity index (χ0n) is 13.0. The molecule has 0 aliphatic carbocycles. The molecular weight excluding hydrogens is 290 g/mol. The Balaban J connectivity index is 1.50. The summed E-state index contributed by atoms with van der Waals surface area (Å²) in [5.74, 6) is 0.675. The number of aromatic nitrogens is 2. The molecule has 0 N–H and O–H groups in total. The van der Waals surface area contributed by atoms with Crippen LogP contribution in [-0.4, -0.2) is 46.3 Å². The van der Waals surface area contributed by atoms with Gasteiger partial charge in [-0.1, -0.05) is 12.1 Å². The normalized spacial score (nSPS) is 27.6. The zero-order valence-corrected chi connectivity index (χ0v) is 13.0. The van der Waals surface area contributed by atoms with E-state index in [0.29, 0.717) is 11.9 Å². The molecule has 2 aromatic rings. The first-order valence-corrected chi connectivity index (χ1v) is 8.22. The molecule has 0 aromatic carbocycles. The lowest BCUT2D eigenvalue weighted by molar-refractivity contribution is -0.0479. The Kier molecular flexibility index (Phi) is 4.22. The highest BCUT2D eigenvalue weighted by Crippen LogP contribution is 2.32. The molecule has 4 heterocycles. The summed E-state index contributed by atoms with van der Waals surface area (Å²) in [4.78, 5) is 11.0. The molecule has 0 bridgehead atoms. The highest BCUT2D eigenvalue weighted by molar-refractivity contribution is 5.13. The second kappa shape index (κ2) is 6.64. The van der Waals surface area contributed by atoms with Gasteiger partial charge >= 0.3 is 0 Å². The van der Waals surface area contributed by atoms with Crippen molar-refractivity contribution in [2.24, 2.45) is 0 Å². The first kappa shape index (κ1) is 14.6. The average Bonchev–Trinajstić information content (AvgIpc) is 2.95. The second-order valence-corrected chi connectivity index (χ2v) is 6.16. The molecule has 4 rings (SSSR count). The molecule has 120 valence electrons. The molecule has 5 nitrogen and oxygen atoms in total. The molecule has 2 saturated heterocycles. The van der Waals surface area contributed by atoms with E-state index in [1.165, 1.54) is 5.56 Å². The van der Waals surface area contributed by atoms with Crippen LogP contribution in [-0.2, 0) is 11.3 Å². The van der Waals surface area contributed by atoms with Gasteiger partial charge in [0.05, 0.1) is 0 Å². The van der Waals surface area contributed by atoms with E-state index in [1.54, 1.807) is 6.20 Å². The lowest BCUT2D eigenvalue weighted by Crippen LogP contribution is -2.42.